The number of halogens is 1. The summed E-state index contributed by atoms with van der Waals surface area (Å²) in [5.41, 5.74) is 2.02. The Hall–Kier alpha value is -2.69. The van der Waals surface area contributed by atoms with Crippen LogP contribution in [0.5, 0.6) is 0 Å². The van der Waals surface area contributed by atoms with Crippen LogP contribution in [0.2, 0.25) is 0 Å². The second-order valence-electron chi connectivity index (χ2n) is 6.73. The van der Waals surface area contributed by atoms with Crippen LogP contribution >= 0.6 is 0 Å². The Balaban J connectivity index is 1.78. The Kier molecular flexibility index (Phi) is 5.35. The average Bonchev–Trinajstić information content (AvgIpc) is 2.98. The quantitative estimate of drug-likeness (QED) is 0.863. The number of hydrogen-bond donors (Lipinski definition) is 1. The van der Waals surface area contributed by atoms with Gasteiger partial charge in [0.1, 0.15) is 11.9 Å². The second kappa shape index (κ2) is 7.68. The molecular weight excluding hydrogens is 331 g/mol. The lowest BCUT2D eigenvalue weighted by Gasteiger charge is -2.31. The van der Waals surface area contributed by atoms with Crippen LogP contribution in [0.4, 0.5) is 4.39 Å². The summed E-state index contributed by atoms with van der Waals surface area (Å²) in [4.78, 5) is 27.3. The molecule has 1 aliphatic rings. The van der Waals surface area contributed by atoms with E-state index >= 15 is 0 Å². The zero-order valence-corrected chi connectivity index (χ0v) is 15.0. The number of amides is 2. The summed E-state index contributed by atoms with van der Waals surface area (Å²) >= 11 is 0. The lowest BCUT2D eigenvalue weighted by molar-refractivity contribution is -0.127. The fourth-order valence-corrected chi connectivity index (χ4v) is 3.36. The predicted octanol–water partition coefficient (Wildman–Crippen LogP) is 3.51. The maximum Gasteiger partial charge on any atom is 0.255 e. The molecule has 26 heavy (non-hydrogen) atoms. The summed E-state index contributed by atoms with van der Waals surface area (Å²) in [6.45, 7) is 4.49. The molecule has 2 amide bonds. The van der Waals surface area contributed by atoms with Crippen LogP contribution in [0, 0.1) is 11.7 Å². The van der Waals surface area contributed by atoms with Gasteiger partial charge >= 0.3 is 0 Å². The molecule has 2 aromatic rings. The van der Waals surface area contributed by atoms with Gasteiger partial charge in [0.2, 0.25) is 5.91 Å². The monoisotopic (exact) mass is 354 g/mol. The molecule has 3 rings (SSSR count). The van der Waals surface area contributed by atoms with Crippen molar-refractivity contribution >= 4 is 11.8 Å². The van der Waals surface area contributed by atoms with Crippen molar-refractivity contribution in [1.29, 1.82) is 0 Å². The standard InChI is InChI=1S/C21H23FN2O2/c1-3-14(2)19(20(25)23-12-15-8-5-7-11-18(15)22)24-13-16-9-4-6-10-17(16)21(24)26/h4-11,14,19H,3,12-13H2,1-2H3,(H,23,25)/t14-,19-/m1/s1. The fourth-order valence-electron chi connectivity index (χ4n) is 3.36. The lowest BCUT2D eigenvalue weighted by atomic mass is 9.96. The van der Waals surface area contributed by atoms with Gasteiger partial charge in [0.05, 0.1) is 0 Å². The molecule has 2 atom stereocenters. The molecule has 0 aromatic heterocycles. The molecule has 136 valence electrons. The molecule has 0 saturated heterocycles. The van der Waals surface area contributed by atoms with Crippen molar-refractivity contribution in [2.24, 2.45) is 5.92 Å². The van der Waals surface area contributed by atoms with Crippen LogP contribution < -0.4 is 5.32 Å². The summed E-state index contributed by atoms with van der Waals surface area (Å²) in [5, 5.41) is 2.81. The Labute approximate surface area is 153 Å². The number of carbonyl (C=O) groups excluding carboxylic acids is 2. The average molecular weight is 354 g/mol. The van der Waals surface area contributed by atoms with Crippen LogP contribution in [0.15, 0.2) is 48.5 Å². The number of hydrogen-bond acceptors (Lipinski definition) is 2. The highest BCUT2D eigenvalue weighted by Crippen LogP contribution is 2.28. The van der Waals surface area contributed by atoms with Crippen molar-refractivity contribution in [3.8, 4) is 0 Å². The first-order chi connectivity index (χ1) is 12.5. The van der Waals surface area contributed by atoms with E-state index in [0.717, 1.165) is 12.0 Å². The number of benzene rings is 2. The van der Waals surface area contributed by atoms with Crippen LogP contribution in [-0.2, 0) is 17.9 Å². The van der Waals surface area contributed by atoms with Gasteiger partial charge in [-0.25, -0.2) is 4.39 Å². The van der Waals surface area contributed by atoms with E-state index in [4.69, 9.17) is 0 Å². The highest BCUT2D eigenvalue weighted by atomic mass is 19.1. The molecule has 0 saturated carbocycles. The third kappa shape index (κ3) is 3.47. The number of carbonyl (C=O) groups is 2. The molecule has 1 aliphatic heterocycles. The van der Waals surface area contributed by atoms with E-state index in [9.17, 15) is 14.0 Å². The number of nitrogens with zero attached hydrogens (tertiary/aromatic N) is 1. The van der Waals surface area contributed by atoms with Gasteiger partial charge in [-0.3, -0.25) is 9.59 Å². The molecule has 0 bridgehead atoms. The highest BCUT2D eigenvalue weighted by Gasteiger charge is 2.38. The molecule has 4 nitrogen and oxygen atoms in total. The van der Waals surface area contributed by atoms with Crippen molar-refractivity contribution in [3.63, 3.8) is 0 Å². The van der Waals surface area contributed by atoms with E-state index in [2.05, 4.69) is 5.32 Å². The van der Waals surface area contributed by atoms with Gasteiger partial charge in [0, 0.05) is 24.2 Å². The van der Waals surface area contributed by atoms with Gasteiger partial charge in [-0.05, 0) is 23.6 Å². The van der Waals surface area contributed by atoms with E-state index in [1.165, 1.54) is 6.07 Å². The van der Waals surface area contributed by atoms with E-state index < -0.39 is 6.04 Å². The normalized spacial score (nSPS) is 15.5. The van der Waals surface area contributed by atoms with E-state index in [1.54, 1.807) is 29.2 Å². The minimum absolute atomic E-state index is 0.00566. The summed E-state index contributed by atoms with van der Waals surface area (Å²) in [7, 11) is 0. The van der Waals surface area contributed by atoms with E-state index in [-0.39, 0.29) is 30.1 Å². The van der Waals surface area contributed by atoms with Gasteiger partial charge < -0.3 is 10.2 Å². The largest absolute Gasteiger partial charge is 0.350 e. The van der Waals surface area contributed by atoms with Crippen molar-refractivity contribution in [2.45, 2.75) is 39.4 Å². The van der Waals surface area contributed by atoms with Gasteiger partial charge in [-0.2, -0.15) is 0 Å². The number of rotatable bonds is 6. The summed E-state index contributed by atoms with van der Waals surface area (Å²) in [5.74, 6) is -0.720. The van der Waals surface area contributed by atoms with Crippen molar-refractivity contribution < 1.29 is 14.0 Å². The maximum absolute atomic E-state index is 13.8. The first-order valence-corrected chi connectivity index (χ1v) is 8.93. The van der Waals surface area contributed by atoms with Gasteiger partial charge in [0.15, 0.2) is 0 Å². The Bertz CT molecular complexity index is 821. The van der Waals surface area contributed by atoms with Crippen LogP contribution in [0.3, 0.4) is 0 Å². The van der Waals surface area contributed by atoms with Crippen LogP contribution in [-0.4, -0.2) is 22.8 Å². The molecule has 1 heterocycles. The SMILES string of the molecule is CC[C@@H](C)[C@H](C(=O)NCc1ccccc1F)N1Cc2ccccc2C1=O. The van der Waals surface area contributed by atoms with Crippen LogP contribution in [0.1, 0.15) is 41.8 Å². The Morgan fingerprint density at radius 1 is 1.19 bits per heavy atom. The number of nitrogens with one attached hydrogen (secondary N) is 1. The fraction of sp³-hybridized carbons (Fsp3) is 0.333. The maximum atomic E-state index is 13.8. The molecule has 1 N–H and O–H groups in total. The first-order valence-electron chi connectivity index (χ1n) is 8.93. The van der Waals surface area contributed by atoms with E-state index in [1.807, 2.05) is 32.0 Å². The Morgan fingerprint density at radius 3 is 2.58 bits per heavy atom. The van der Waals surface area contributed by atoms with Crippen molar-refractivity contribution in [2.75, 3.05) is 0 Å². The molecule has 0 aliphatic carbocycles. The van der Waals surface area contributed by atoms with Gasteiger partial charge in [-0.1, -0.05) is 56.7 Å². The zero-order chi connectivity index (χ0) is 18.7. The molecule has 0 spiro atoms. The third-order valence-corrected chi connectivity index (χ3v) is 5.05. The molecule has 2 aromatic carbocycles. The summed E-state index contributed by atoms with van der Waals surface area (Å²) < 4.78 is 13.8. The first kappa shape index (κ1) is 18.1. The summed E-state index contributed by atoms with van der Waals surface area (Å²) in [6, 6.07) is 13.2. The molecule has 0 unspecified atom stereocenters. The third-order valence-electron chi connectivity index (χ3n) is 5.05. The molecular formula is C21H23FN2O2. The zero-order valence-electron chi connectivity index (χ0n) is 15.0. The van der Waals surface area contributed by atoms with E-state index in [0.29, 0.717) is 17.7 Å². The molecule has 0 fully saturated rings. The summed E-state index contributed by atoms with van der Waals surface area (Å²) in [6.07, 6.45) is 0.762. The molecule has 0 radical (unpaired) electrons. The second-order valence-corrected chi connectivity index (χ2v) is 6.73. The smallest absolute Gasteiger partial charge is 0.255 e. The van der Waals surface area contributed by atoms with Crippen molar-refractivity contribution in [3.05, 3.63) is 71.0 Å². The van der Waals surface area contributed by atoms with Crippen molar-refractivity contribution in [1.82, 2.24) is 10.2 Å². The minimum atomic E-state index is -0.577. The van der Waals surface area contributed by atoms with Gasteiger partial charge in [-0.15, -0.1) is 0 Å². The lowest BCUT2D eigenvalue weighted by Crippen LogP contribution is -2.50. The predicted molar refractivity (Wildman–Crippen MR) is 97.8 cm³/mol. The van der Waals surface area contributed by atoms with Crippen LogP contribution in [0.25, 0.3) is 0 Å². The topological polar surface area (TPSA) is 49.4 Å². The Morgan fingerprint density at radius 2 is 1.88 bits per heavy atom. The van der Waals surface area contributed by atoms with Gasteiger partial charge in [0.25, 0.3) is 5.91 Å². The molecule has 5 heteroatoms. The highest BCUT2D eigenvalue weighted by molar-refractivity contribution is 6.01. The minimum Gasteiger partial charge on any atom is -0.350 e. The number of fused-ring (bicyclic) bond motifs is 1.